The maximum Gasteiger partial charge on any atom is 0.141 e. The summed E-state index contributed by atoms with van der Waals surface area (Å²) in [4.78, 5) is 2.70. The van der Waals surface area contributed by atoms with Gasteiger partial charge in [-0.05, 0) is 18.4 Å². The Labute approximate surface area is 194 Å². The van der Waals surface area contributed by atoms with E-state index in [2.05, 4.69) is 30.7 Å². The SMILES string of the molecule is [B][B]C1CC(OCN=[N+]=[N-])C(Cc2cn(COC3CC([B])OC3Cc3cn(C)nn3)nn2)O1. The molecule has 0 N–H and O–H groups in total. The molecule has 0 bridgehead atoms. The third kappa shape index (κ3) is 6.36. The highest BCUT2D eigenvalue weighted by Gasteiger charge is 2.36. The second-order valence-electron chi connectivity index (χ2n) is 8.03. The topological polar surface area (TPSA) is 147 Å². The molecule has 0 aromatic carbocycles. The summed E-state index contributed by atoms with van der Waals surface area (Å²) in [7, 11) is 14.9. The van der Waals surface area contributed by atoms with Crippen LogP contribution in [0.4, 0.5) is 0 Å². The number of azide groups is 1. The van der Waals surface area contributed by atoms with E-state index in [1.165, 1.54) is 7.17 Å². The second kappa shape index (κ2) is 11.2. The van der Waals surface area contributed by atoms with Gasteiger partial charge in [0.05, 0.1) is 49.2 Å². The zero-order chi connectivity index (χ0) is 23.2. The summed E-state index contributed by atoms with van der Waals surface area (Å²) < 4.78 is 26.6. The Balaban J connectivity index is 1.30. The van der Waals surface area contributed by atoms with Gasteiger partial charge < -0.3 is 18.9 Å². The van der Waals surface area contributed by atoms with Crippen molar-refractivity contribution in [2.24, 2.45) is 12.2 Å². The van der Waals surface area contributed by atoms with Gasteiger partial charge in [0.1, 0.15) is 21.3 Å². The van der Waals surface area contributed by atoms with Gasteiger partial charge in [-0.25, -0.2) is 4.68 Å². The Morgan fingerprint density at radius 3 is 2.61 bits per heavy atom. The van der Waals surface area contributed by atoms with E-state index in [0.717, 1.165) is 5.69 Å². The number of ether oxygens (including phenoxy) is 4. The lowest BCUT2D eigenvalue weighted by atomic mass is 9.51. The van der Waals surface area contributed by atoms with E-state index in [4.69, 9.17) is 40.1 Å². The first-order chi connectivity index (χ1) is 16.0. The molecule has 2 aliphatic rings. The highest BCUT2D eigenvalue weighted by atomic mass is 16.6. The average Bonchev–Trinajstić information content (AvgIpc) is 3.57. The summed E-state index contributed by atoms with van der Waals surface area (Å²) in [5.41, 5.74) is 9.98. The second-order valence-corrected chi connectivity index (χ2v) is 8.03. The van der Waals surface area contributed by atoms with Crippen molar-refractivity contribution < 1.29 is 18.9 Å². The molecule has 6 atom stereocenters. The molecule has 0 saturated carbocycles. The van der Waals surface area contributed by atoms with Crippen LogP contribution in [0.1, 0.15) is 24.2 Å². The Bertz CT molecular complexity index is 956. The van der Waals surface area contributed by atoms with Crippen molar-refractivity contribution >= 4 is 22.8 Å². The molecule has 0 amide bonds. The minimum Gasteiger partial charge on any atom is -0.382 e. The molecule has 33 heavy (non-hydrogen) atoms. The smallest absolute Gasteiger partial charge is 0.141 e. The first-order valence-electron chi connectivity index (χ1n) is 10.6. The van der Waals surface area contributed by atoms with Gasteiger partial charge in [-0.2, -0.15) is 0 Å². The van der Waals surface area contributed by atoms with E-state index >= 15 is 0 Å². The van der Waals surface area contributed by atoms with Crippen LogP contribution in [0.3, 0.4) is 0 Å². The van der Waals surface area contributed by atoms with Crippen molar-refractivity contribution in [2.45, 2.75) is 68.8 Å². The summed E-state index contributed by atoms with van der Waals surface area (Å²) in [6, 6.07) is -0.626. The fraction of sp³-hybridized carbons (Fsp3) is 0.765. The molecular formula is C17H23B3N9O4. The quantitative estimate of drug-likeness (QED) is 0.191. The highest BCUT2D eigenvalue weighted by molar-refractivity contribution is 6.90. The predicted molar refractivity (Wildman–Crippen MR) is 116 cm³/mol. The minimum absolute atomic E-state index is 0.0693. The molecule has 0 spiro atoms. The fourth-order valence-electron chi connectivity index (χ4n) is 4.05. The van der Waals surface area contributed by atoms with Crippen LogP contribution >= 0.6 is 0 Å². The minimum atomic E-state index is -0.392. The maximum atomic E-state index is 8.44. The molecule has 169 valence electrons. The zero-order valence-electron chi connectivity index (χ0n) is 18.3. The molecule has 2 aromatic heterocycles. The van der Waals surface area contributed by atoms with Crippen molar-refractivity contribution in [3.63, 3.8) is 0 Å². The molecule has 5 radical (unpaired) electrons. The lowest BCUT2D eigenvalue weighted by Crippen LogP contribution is -2.28. The van der Waals surface area contributed by atoms with E-state index in [1.54, 1.807) is 15.6 Å². The van der Waals surface area contributed by atoms with E-state index in [-0.39, 0.29) is 43.9 Å². The molecular weight excluding hydrogens is 427 g/mol. The highest BCUT2D eigenvalue weighted by Crippen LogP contribution is 2.26. The summed E-state index contributed by atoms with van der Waals surface area (Å²) in [5, 5.41) is 19.8. The summed E-state index contributed by atoms with van der Waals surface area (Å²) in [6.45, 7) is 0.131. The Hall–Kier alpha value is -2.38. The number of hydrogen-bond acceptors (Lipinski definition) is 9. The van der Waals surface area contributed by atoms with Crippen LogP contribution in [0.5, 0.6) is 0 Å². The van der Waals surface area contributed by atoms with Crippen molar-refractivity contribution in [3.8, 4) is 0 Å². The Kier molecular flexibility index (Phi) is 8.04. The number of nitrogens with zero attached hydrogens (tertiary/aromatic N) is 9. The molecule has 2 fully saturated rings. The van der Waals surface area contributed by atoms with Crippen LogP contribution in [0.15, 0.2) is 17.5 Å². The van der Waals surface area contributed by atoms with Crippen molar-refractivity contribution in [3.05, 3.63) is 34.2 Å². The third-order valence-corrected chi connectivity index (χ3v) is 5.56. The van der Waals surface area contributed by atoms with Crippen molar-refractivity contribution in [1.82, 2.24) is 30.0 Å². The van der Waals surface area contributed by atoms with Crippen LogP contribution in [-0.2, 0) is 45.6 Å². The molecule has 13 nitrogen and oxygen atoms in total. The molecule has 2 aliphatic heterocycles. The number of hydrogen-bond donors (Lipinski definition) is 0. The summed E-state index contributed by atoms with van der Waals surface area (Å²) >= 11 is 0. The lowest BCUT2D eigenvalue weighted by Gasteiger charge is -2.18. The normalized spacial score (nSPS) is 29.2. The van der Waals surface area contributed by atoms with E-state index in [1.807, 2.05) is 13.2 Å². The molecule has 4 rings (SSSR count). The van der Waals surface area contributed by atoms with Gasteiger partial charge in [0, 0.05) is 50.7 Å². The largest absolute Gasteiger partial charge is 0.382 e. The summed E-state index contributed by atoms with van der Waals surface area (Å²) in [6.07, 6.45) is 4.85. The zero-order valence-corrected chi connectivity index (χ0v) is 18.3. The van der Waals surface area contributed by atoms with Crippen LogP contribution in [0, 0.1) is 0 Å². The number of aromatic nitrogens is 6. The van der Waals surface area contributed by atoms with Gasteiger partial charge in [0.25, 0.3) is 0 Å². The van der Waals surface area contributed by atoms with Crippen LogP contribution in [0.25, 0.3) is 10.4 Å². The van der Waals surface area contributed by atoms with Gasteiger partial charge in [-0.3, -0.25) is 4.68 Å². The third-order valence-electron chi connectivity index (χ3n) is 5.56. The molecule has 4 heterocycles. The monoisotopic (exact) mass is 450 g/mol. The van der Waals surface area contributed by atoms with Gasteiger partial charge in [0.15, 0.2) is 0 Å². The van der Waals surface area contributed by atoms with Gasteiger partial charge in [-0.15, -0.1) is 10.2 Å². The summed E-state index contributed by atoms with van der Waals surface area (Å²) in [5.74, 6) is 0. The number of rotatable bonds is 11. The molecule has 0 aliphatic carbocycles. The van der Waals surface area contributed by atoms with E-state index < -0.39 is 6.00 Å². The lowest BCUT2D eigenvalue weighted by molar-refractivity contribution is -0.0440. The van der Waals surface area contributed by atoms with Crippen molar-refractivity contribution in [1.29, 1.82) is 0 Å². The van der Waals surface area contributed by atoms with Crippen LogP contribution < -0.4 is 0 Å². The number of aryl methyl sites for hydroxylation is 1. The van der Waals surface area contributed by atoms with Crippen molar-refractivity contribution in [2.75, 3.05) is 6.73 Å². The van der Waals surface area contributed by atoms with Crippen LogP contribution in [-0.4, -0.2) is 95.9 Å². The Morgan fingerprint density at radius 2 is 1.88 bits per heavy atom. The van der Waals surface area contributed by atoms with Gasteiger partial charge >= 0.3 is 0 Å². The van der Waals surface area contributed by atoms with E-state index in [9.17, 15) is 0 Å². The Morgan fingerprint density at radius 1 is 1.15 bits per heavy atom. The fourth-order valence-corrected chi connectivity index (χ4v) is 4.05. The standard InChI is InChI=1S/C17H23B3N9O4/c1-28-6-10(23-26-28)2-14-12(4-16(18)32-14)31-9-29-7-11(24-27-29)3-15-13(30-8-22-25-21)5-17(20-19)33-15/h6-7,12-17H,2-5,8-9H2,1H3. The van der Waals surface area contributed by atoms with Gasteiger partial charge in [0.2, 0.25) is 0 Å². The van der Waals surface area contributed by atoms with Gasteiger partial charge in [-0.1, -0.05) is 15.5 Å². The van der Waals surface area contributed by atoms with Crippen LogP contribution in [0.2, 0.25) is 0 Å². The maximum absolute atomic E-state index is 8.44. The molecule has 16 heteroatoms. The predicted octanol–water partition coefficient (Wildman–Crippen LogP) is -0.626. The first kappa shape index (κ1) is 23.8. The molecule has 2 saturated heterocycles. The molecule has 6 unspecified atom stereocenters. The first-order valence-corrected chi connectivity index (χ1v) is 10.6. The molecule has 2 aromatic rings. The van der Waals surface area contributed by atoms with E-state index in [0.29, 0.717) is 31.4 Å². The average molecular weight is 450 g/mol.